The molecule has 0 N–H and O–H groups in total. The van der Waals surface area contributed by atoms with Crippen molar-refractivity contribution in [3.8, 4) is 73.1 Å². The largest absolute Gasteiger partial charge is 0.417 e. The van der Waals surface area contributed by atoms with Gasteiger partial charge in [-0.15, -0.1) is 0 Å². The molecule has 0 aliphatic heterocycles. The quantitative estimate of drug-likeness (QED) is 0.149. The maximum atomic E-state index is 14.8. The predicted octanol–water partition coefficient (Wildman–Crippen LogP) is 20.1. The topological polar surface area (TPSA) is 46.5 Å². The third kappa shape index (κ3) is 9.14. The van der Waals surface area contributed by atoms with E-state index >= 15 is 0 Å². The fourth-order valence-electron chi connectivity index (χ4n) is 11.6. The molecule has 0 unspecified atom stereocenters. The average Bonchev–Trinajstić information content (AvgIpc) is 2.72. The van der Waals surface area contributed by atoms with Crippen LogP contribution in [-0.4, -0.2) is 14.1 Å². The Hall–Kier alpha value is -9.41. The molecule has 0 saturated carbocycles. The van der Waals surface area contributed by atoms with Gasteiger partial charge in [-0.1, -0.05) is 77.9 Å². The molecule has 400 valence electrons. The van der Waals surface area contributed by atoms with Crippen LogP contribution in [0.3, 0.4) is 0 Å². The highest BCUT2D eigenvalue weighted by atomic mass is 19.4. The molecule has 13 heteroatoms. The molecule has 81 heavy (non-hydrogen) atoms. The first kappa shape index (κ1) is 52.3. The molecule has 3 heterocycles. The Morgan fingerprint density at radius 1 is 0.358 bits per heavy atom. The average molecular weight is 1090 g/mol. The first-order valence-corrected chi connectivity index (χ1v) is 25.8. The molecule has 0 saturated heterocycles. The summed E-state index contributed by atoms with van der Waals surface area (Å²) >= 11 is 0. The van der Waals surface area contributed by atoms with Crippen LogP contribution in [0.4, 0.5) is 39.5 Å². The Balaban J connectivity index is 1.16. The van der Waals surface area contributed by atoms with Crippen LogP contribution in [0.25, 0.3) is 111 Å². The zero-order valence-corrected chi connectivity index (χ0v) is 44.0. The highest BCUT2D eigenvalue weighted by molar-refractivity contribution is 6.14. The second kappa shape index (κ2) is 19.2. The van der Waals surface area contributed by atoms with Gasteiger partial charge < -0.3 is 9.13 Å². The normalized spacial score (nSPS) is 12.3. The number of pyridine rings is 1. The molecule has 9 aromatic carbocycles. The molecular weight excluding hydrogens is 1040 g/mol. The molecule has 0 aliphatic rings. The van der Waals surface area contributed by atoms with Gasteiger partial charge in [0.15, 0.2) is 0 Å². The smallest absolute Gasteiger partial charge is 0.308 e. The van der Waals surface area contributed by atoms with Crippen molar-refractivity contribution in [3.63, 3.8) is 0 Å². The van der Waals surface area contributed by atoms with E-state index in [0.717, 1.165) is 63.5 Å². The van der Waals surface area contributed by atoms with Crippen molar-refractivity contribution in [2.45, 2.75) is 53.1 Å². The number of rotatable bonds is 7. The second-order valence-corrected chi connectivity index (χ2v) is 20.8. The number of hydrogen-bond acceptors (Lipinski definition) is 2. The summed E-state index contributed by atoms with van der Waals surface area (Å²) in [7, 11) is 0. The van der Waals surface area contributed by atoms with Gasteiger partial charge in [0.1, 0.15) is 11.6 Å². The van der Waals surface area contributed by atoms with E-state index in [4.69, 9.17) is 0 Å². The maximum Gasteiger partial charge on any atom is 0.417 e. The van der Waals surface area contributed by atoms with Crippen LogP contribution in [0.2, 0.25) is 0 Å². The van der Waals surface area contributed by atoms with Crippen LogP contribution in [0, 0.1) is 45.9 Å². The standard InChI is InChI=1S/C68H45F9N4/c1-37-6-14-50(39(3)26-37)43-8-18-62-56(30-43)57-33-46(53-15-7-38(2)27-59(53)68(75,76)77)11-21-63(57)81(62)65-35-47(42-22-24-79-25-23-42)34-64(58(65)36-78)80-60-19-9-44(51-16-12-48(28-40(51)4)66(69,70)71)31-54(60)55-32-45(10-20-61(55)80)52-17-13-49(29-41(52)5)67(72,73)74/h6-35H,1-5H3. The third-order valence-corrected chi connectivity index (χ3v) is 15.4. The van der Waals surface area contributed by atoms with Crippen molar-refractivity contribution in [1.82, 2.24) is 14.1 Å². The highest BCUT2D eigenvalue weighted by Gasteiger charge is 2.35. The lowest BCUT2D eigenvalue weighted by atomic mass is 9.95. The van der Waals surface area contributed by atoms with E-state index in [9.17, 15) is 44.8 Å². The van der Waals surface area contributed by atoms with Gasteiger partial charge >= 0.3 is 18.5 Å². The van der Waals surface area contributed by atoms with Crippen LogP contribution < -0.4 is 0 Å². The Kier molecular flexibility index (Phi) is 12.4. The number of aromatic nitrogens is 3. The molecular formula is C68H45F9N4. The lowest BCUT2D eigenvalue weighted by molar-refractivity contribution is -0.138. The van der Waals surface area contributed by atoms with Crippen molar-refractivity contribution in [2.24, 2.45) is 0 Å². The predicted molar refractivity (Wildman–Crippen MR) is 304 cm³/mol. The Bertz CT molecular complexity index is 4490. The third-order valence-electron chi connectivity index (χ3n) is 15.4. The zero-order chi connectivity index (χ0) is 57.0. The van der Waals surface area contributed by atoms with E-state index < -0.39 is 35.2 Å². The summed E-state index contributed by atoms with van der Waals surface area (Å²) in [5, 5.41) is 14.4. The summed E-state index contributed by atoms with van der Waals surface area (Å²) in [5.74, 6) is 0. The molecule has 0 amide bonds. The molecule has 0 aliphatic carbocycles. The molecule has 3 aromatic heterocycles. The molecule has 0 atom stereocenters. The number of nitriles is 1. The number of hydrogen-bond donors (Lipinski definition) is 0. The van der Waals surface area contributed by atoms with Gasteiger partial charge in [-0.05, 0) is 210 Å². The SMILES string of the molecule is Cc1ccc(-c2ccc3c(c2)c2cc(-c4ccc(C)cc4C(F)(F)F)ccc2n3-c2cc(-c3ccncc3)cc(-n3c4ccc(-c5ccc(C(F)(F)F)cc5C)cc4c4cc(-c5ccc(C(F)(F)F)cc5C)ccc43)c2C#N)c(C)c1. The van der Waals surface area contributed by atoms with Crippen molar-refractivity contribution in [2.75, 3.05) is 0 Å². The lowest BCUT2D eigenvalue weighted by Crippen LogP contribution is -2.07. The van der Waals surface area contributed by atoms with Gasteiger partial charge in [0.05, 0.1) is 50.1 Å². The monoisotopic (exact) mass is 1090 g/mol. The van der Waals surface area contributed by atoms with E-state index in [2.05, 4.69) is 17.1 Å². The minimum Gasteiger partial charge on any atom is -0.308 e. The number of nitrogens with zero attached hydrogens (tertiary/aromatic N) is 4. The van der Waals surface area contributed by atoms with Crippen LogP contribution in [0.15, 0.2) is 182 Å². The van der Waals surface area contributed by atoms with Gasteiger partial charge in [-0.3, -0.25) is 4.98 Å². The van der Waals surface area contributed by atoms with Gasteiger partial charge in [0.2, 0.25) is 0 Å². The summed E-state index contributed by atoms with van der Waals surface area (Å²) in [4.78, 5) is 4.28. The van der Waals surface area contributed by atoms with Crippen LogP contribution in [0.1, 0.15) is 50.1 Å². The number of halogens is 9. The van der Waals surface area contributed by atoms with E-state index in [1.807, 2.05) is 114 Å². The molecule has 0 spiro atoms. The highest BCUT2D eigenvalue weighted by Crippen LogP contribution is 2.46. The van der Waals surface area contributed by atoms with E-state index in [1.165, 1.54) is 18.2 Å². The van der Waals surface area contributed by atoms with Crippen LogP contribution >= 0.6 is 0 Å². The molecule has 0 fully saturated rings. The Morgan fingerprint density at radius 2 is 0.728 bits per heavy atom. The number of aryl methyl sites for hydroxylation is 5. The fraction of sp³-hybridized carbons (Fsp3) is 0.118. The second-order valence-electron chi connectivity index (χ2n) is 20.8. The fourth-order valence-corrected chi connectivity index (χ4v) is 11.6. The Labute approximate surface area is 459 Å². The lowest BCUT2D eigenvalue weighted by Gasteiger charge is -2.19. The van der Waals surface area contributed by atoms with Crippen LogP contribution in [0.5, 0.6) is 0 Å². The van der Waals surface area contributed by atoms with Crippen molar-refractivity contribution in [3.05, 3.63) is 232 Å². The Morgan fingerprint density at radius 3 is 1.10 bits per heavy atom. The first-order chi connectivity index (χ1) is 38.5. The zero-order valence-electron chi connectivity index (χ0n) is 44.0. The number of alkyl halides is 9. The number of fused-ring (bicyclic) bond motifs is 6. The van der Waals surface area contributed by atoms with Crippen molar-refractivity contribution >= 4 is 43.6 Å². The van der Waals surface area contributed by atoms with Gasteiger partial charge in [0.25, 0.3) is 0 Å². The summed E-state index contributed by atoms with van der Waals surface area (Å²) in [5.41, 5.74) is 10.5. The maximum absolute atomic E-state index is 14.8. The van der Waals surface area contributed by atoms with Crippen molar-refractivity contribution < 1.29 is 39.5 Å². The van der Waals surface area contributed by atoms with E-state index in [1.54, 1.807) is 57.4 Å². The molecule has 4 nitrogen and oxygen atoms in total. The van der Waals surface area contributed by atoms with Crippen LogP contribution in [-0.2, 0) is 18.5 Å². The van der Waals surface area contributed by atoms with Gasteiger partial charge in [-0.25, -0.2) is 0 Å². The summed E-state index contributed by atoms with van der Waals surface area (Å²) < 4.78 is 132. The summed E-state index contributed by atoms with van der Waals surface area (Å²) in [6.07, 6.45) is -10.5. The van der Waals surface area contributed by atoms with Gasteiger partial charge in [-0.2, -0.15) is 44.8 Å². The molecule has 0 bridgehead atoms. The summed E-state index contributed by atoms with van der Waals surface area (Å²) in [6.45, 7) is 8.87. The molecule has 0 radical (unpaired) electrons. The van der Waals surface area contributed by atoms with Crippen molar-refractivity contribution in [1.29, 1.82) is 5.26 Å². The minimum absolute atomic E-state index is 0.0146. The molecule has 12 aromatic rings. The first-order valence-electron chi connectivity index (χ1n) is 25.8. The summed E-state index contributed by atoms with van der Waals surface area (Å²) in [6, 6.07) is 49.9. The minimum atomic E-state index is -4.65. The van der Waals surface area contributed by atoms with Gasteiger partial charge in [0, 0.05) is 33.9 Å². The van der Waals surface area contributed by atoms with E-state index in [-0.39, 0.29) is 11.1 Å². The number of benzene rings is 9. The van der Waals surface area contributed by atoms with E-state index in [0.29, 0.717) is 99.7 Å². The molecule has 12 rings (SSSR count).